The molecule has 106 valence electrons. The molecule has 0 radical (unpaired) electrons. The summed E-state index contributed by atoms with van der Waals surface area (Å²) in [4.78, 5) is 2.69. The van der Waals surface area contributed by atoms with Crippen LogP contribution in [0.2, 0.25) is 0 Å². The Labute approximate surface area is 114 Å². The van der Waals surface area contributed by atoms with E-state index in [0.29, 0.717) is 0 Å². The van der Waals surface area contributed by atoms with Crippen molar-refractivity contribution < 1.29 is 0 Å². The average molecular weight is 252 g/mol. The van der Waals surface area contributed by atoms with Crippen LogP contribution < -0.4 is 5.32 Å². The normalized spacial score (nSPS) is 24.8. The smallest absolute Gasteiger partial charge is 0.00965 e. The summed E-state index contributed by atoms with van der Waals surface area (Å²) in [6, 6.07) is 0. The Bertz CT molecular complexity index is 238. The molecule has 1 aliphatic heterocycles. The topological polar surface area (TPSA) is 15.3 Å². The van der Waals surface area contributed by atoms with Crippen LogP contribution in [0.4, 0.5) is 0 Å². The van der Waals surface area contributed by atoms with E-state index in [1.54, 1.807) is 0 Å². The maximum atomic E-state index is 3.58. The van der Waals surface area contributed by atoms with E-state index in [1.807, 2.05) is 0 Å². The highest BCUT2D eigenvalue weighted by Crippen LogP contribution is 2.45. The average Bonchev–Trinajstić information content (AvgIpc) is 2.75. The van der Waals surface area contributed by atoms with E-state index in [9.17, 15) is 0 Å². The molecule has 2 nitrogen and oxygen atoms in total. The highest BCUT2D eigenvalue weighted by Gasteiger charge is 2.36. The number of nitrogens with one attached hydrogen (secondary N) is 1. The fourth-order valence-corrected chi connectivity index (χ4v) is 3.64. The van der Waals surface area contributed by atoms with Crippen LogP contribution in [0, 0.1) is 5.41 Å². The molecule has 18 heavy (non-hydrogen) atoms. The minimum absolute atomic E-state index is 0.274. The van der Waals surface area contributed by atoms with E-state index in [2.05, 4.69) is 31.0 Å². The summed E-state index contributed by atoms with van der Waals surface area (Å²) in [5.74, 6) is 0. The summed E-state index contributed by atoms with van der Waals surface area (Å²) < 4.78 is 0. The van der Waals surface area contributed by atoms with Gasteiger partial charge in [0.2, 0.25) is 0 Å². The second kappa shape index (κ2) is 5.92. The van der Waals surface area contributed by atoms with Crippen molar-refractivity contribution in [1.82, 2.24) is 10.2 Å². The van der Waals surface area contributed by atoms with Gasteiger partial charge in [0.25, 0.3) is 0 Å². The van der Waals surface area contributed by atoms with Crippen LogP contribution in [0.25, 0.3) is 0 Å². The van der Waals surface area contributed by atoms with Crippen molar-refractivity contribution in [2.75, 3.05) is 26.2 Å². The lowest BCUT2D eigenvalue weighted by atomic mass is 9.77. The van der Waals surface area contributed by atoms with Crippen LogP contribution in [0.5, 0.6) is 0 Å². The Morgan fingerprint density at radius 3 is 2.17 bits per heavy atom. The minimum Gasteiger partial charge on any atom is -0.312 e. The molecule has 0 unspecified atom stereocenters. The van der Waals surface area contributed by atoms with E-state index >= 15 is 0 Å². The monoisotopic (exact) mass is 252 g/mol. The quantitative estimate of drug-likeness (QED) is 0.771. The van der Waals surface area contributed by atoms with Gasteiger partial charge >= 0.3 is 0 Å². The molecule has 1 aliphatic carbocycles. The first-order valence-electron chi connectivity index (χ1n) is 7.97. The number of likely N-dealkylation sites (tertiary alicyclic amines) is 1. The first-order chi connectivity index (χ1) is 8.49. The van der Waals surface area contributed by atoms with Gasteiger partial charge < -0.3 is 10.2 Å². The molecule has 2 fully saturated rings. The van der Waals surface area contributed by atoms with Crippen LogP contribution in [0.15, 0.2) is 0 Å². The lowest BCUT2D eigenvalue weighted by Gasteiger charge is -2.39. The standard InChI is InChI=1S/C16H32N2/c1-15(2,3)17-11-6-12-18-13-9-16(10-14-18)7-4-5-8-16/h17H,4-14H2,1-3H3. The third-order valence-corrected chi connectivity index (χ3v) is 4.89. The summed E-state index contributed by atoms with van der Waals surface area (Å²) >= 11 is 0. The van der Waals surface area contributed by atoms with Crippen LogP contribution in [0.3, 0.4) is 0 Å². The van der Waals surface area contributed by atoms with Crippen molar-refractivity contribution in [3.63, 3.8) is 0 Å². The van der Waals surface area contributed by atoms with Crippen molar-refractivity contribution in [3.05, 3.63) is 0 Å². The summed E-state index contributed by atoms with van der Waals surface area (Å²) in [6.07, 6.45) is 10.3. The van der Waals surface area contributed by atoms with E-state index in [-0.39, 0.29) is 5.54 Å². The van der Waals surface area contributed by atoms with Crippen molar-refractivity contribution in [2.24, 2.45) is 5.41 Å². The Hall–Kier alpha value is -0.0800. The van der Waals surface area contributed by atoms with Gasteiger partial charge in [-0.15, -0.1) is 0 Å². The zero-order chi connectivity index (χ0) is 13.1. The van der Waals surface area contributed by atoms with Crippen molar-refractivity contribution in [2.45, 2.75) is 71.3 Å². The van der Waals surface area contributed by atoms with Crippen molar-refractivity contribution >= 4 is 0 Å². The molecule has 1 heterocycles. The molecule has 0 amide bonds. The molecule has 1 saturated carbocycles. The number of nitrogens with zero attached hydrogens (tertiary/aromatic N) is 1. The largest absolute Gasteiger partial charge is 0.312 e. The zero-order valence-electron chi connectivity index (χ0n) is 12.7. The van der Waals surface area contributed by atoms with Crippen LogP contribution >= 0.6 is 0 Å². The lowest BCUT2D eigenvalue weighted by molar-refractivity contribution is 0.107. The van der Waals surface area contributed by atoms with Gasteiger partial charge in [-0.1, -0.05) is 12.8 Å². The molecule has 0 atom stereocenters. The molecule has 1 spiro atoms. The lowest BCUT2D eigenvalue weighted by Crippen LogP contribution is -2.41. The zero-order valence-corrected chi connectivity index (χ0v) is 12.7. The van der Waals surface area contributed by atoms with Gasteiger partial charge in [-0.3, -0.25) is 0 Å². The summed E-state index contributed by atoms with van der Waals surface area (Å²) in [6.45, 7) is 11.9. The molecule has 0 aromatic carbocycles. The Morgan fingerprint density at radius 1 is 1.00 bits per heavy atom. The molecular formula is C16H32N2. The summed E-state index contributed by atoms with van der Waals surface area (Å²) in [7, 11) is 0. The first kappa shape index (κ1) is 14.3. The highest BCUT2D eigenvalue weighted by atomic mass is 15.1. The first-order valence-corrected chi connectivity index (χ1v) is 7.97. The Morgan fingerprint density at radius 2 is 1.61 bits per heavy atom. The summed E-state index contributed by atoms with van der Waals surface area (Å²) in [5.41, 5.74) is 1.05. The van der Waals surface area contributed by atoms with Crippen LogP contribution in [-0.4, -0.2) is 36.6 Å². The van der Waals surface area contributed by atoms with Gasteiger partial charge in [-0.25, -0.2) is 0 Å². The van der Waals surface area contributed by atoms with E-state index in [1.165, 1.54) is 64.6 Å². The third kappa shape index (κ3) is 4.24. The van der Waals surface area contributed by atoms with Gasteiger partial charge in [0, 0.05) is 5.54 Å². The van der Waals surface area contributed by atoms with Crippen LogP contribution in [-0.2, 0) is 0 Å². The van der Waals surface area contributed by atoms with Crippen molar-refractivity contribution in [1.29, 1.82) is 0 Å². The predicted octanol–water partition coefficient (Wildman–Crippen LogP) is 3.42. The highest BCUT2D eigenvalue weighted by molar-refractivity contribution is 4.89. The minimum atomic E-state index is 0.274. The molecule has 0 aromatic rings. The number of hydrogen-bond acceptors (Lipinski definition) is 2. The molecule has 1 saturated heterocycles. The molecule has 2 rings (SSSR count). The number of hydrogen-bond donors (Lipinski definition) is 1. The maximum absolute atomic E-state index is 3.58. The van der Waals surface area contributed by atoms with Gasteiger partial charge in [0.15, 0.2) is 0 Å². The van der Waals surface area contributed by atoms with Gasteiger partial charge in [0.05, 0.1) is 0 Å². The van der Waals surface area contributed by atoms with E-state index < -0.39 is 0 Å². The molecule has 0 bridgehead atoms. The van der Waals surface area contributed by atoms with Gasteiger partial charge in [-0.05, 0) is 84.5 Å². The second-order valence-electron chi connectivity index (χ2n) is 7.58. The van der Waals surface area contributed by atoms with Gasteiger partial charge in [-0.2, -0.15) is 0 Å². The fraction of sp³-hybridized carbons (Fsp3) is 1.00. The van der Waals surface area contributed by atoms with E-state index in [0.717, 1.165) is 12.0 Å². The Balaban J connectivity index is 1.59. The number of rotatable bonds is 4. The number of piperidine rings is 1. The molecular weight excluding hydrogens is 220 g/mol. The second-order valence-corrected chi connectivity index (χ2v) is 7.58. The van der Waals surface area contributed by atoms with Crippen molar-refractivity contribution in [3.8, 4) is 0 Å². The maximum Gasteiger partial charge on any atom is 0.00965 e. The Kier molecular flexibility index (Phi) is 4.71. The molecule has 1 N–H and O–H groups in total. The predicted molar refractivity (Wildman–Crippen MR) is 78.9 cm³/mol. The molecule has 0 aromatic heterocycles. The fourth-order valence-electron chi connectivity index (χ4n) is 3.64. The van der Waals surface area contributed by atoms with Gasteiger partial charge in [0.1, 0.15) is 0 Å². The van der Waals surface area contributed by atoms with E-state index in [4.69, 9.17) is 0 Å². The van der Waals surface area contributed by atoms with Crippen LogP contribution in [0.1, 0.15) is 65.7 Å². The SMILES string of the molecule is CC(C)(C)NCCCN1CCC2(CCCC2)CC1. The molecule has 2 heteroatoms. The third-order valence-electron chi connectivity index (χ3n) is 4.89. The molecule has 2 aliphatic rings. The summed E-state index contributed by atoms with van der Waals surface area (Å²) in [5, 5.41) is 3.58.